The molecule has 1 aliphatic heterocycles. The van der Waals surface area contributed by atoms with E-state index >= 15 is 0 Å². The van der Waals surface area contributed by atoms with Crippen LogP contribution in [0.1, 0.15) is 33.6 Å². The SMILES string of the molecule is CC(C)(C)OC(=O)N1CCC(CCNc2c(F)cncc2F)C1. The van der Waals surface area contributed by atoms with Gasteiger partial charge in [0.2, 0.25) is 0 Å². The molecule has 1 unspecified atom stereocenters. The number of nitrogens with one attached hydrogen (secondary N) is 1. The third-order valence-corrected chi connectivity index (χ3v) is 3.65. The molecule has 1 aromatic rings. The third kappa shape index (κ3) is 5.04. The van der Waals surface area contributed by atoms with E-state index in [1.807, 2.05) is 20.8 Å². The topological polar surface area (TPSA) is 54.5 Å². The highest BCUT2D eigenvalue weighted by Gasteiger charge is 2.29. The van der Waals surface area contributed by atoms with E-state index in [9.17, 15) is 13.6 Å². The van der Waals surface area contributed by atoms with Crippen molar-refractivity contribution in [3.8, 4) is 0 Å². The first kappa shape index (κ1) is 17.4. The molecule has 1 N–H and O–H groups in total. The molecule has 0 spiro atoms. The first-order valence-corrected chi connectivity index (χ1v) is 7.77. The Morgan fingerprint density at radius 1 is 1.39 bits per heavy atom. The van der Waals surface area contributed by atoms with E-state index in [4.69, 9.17) is 4.74 Å². The molecular formula is C16H23F2N3O2. The van der Waals surface area contributed by atoms with Crippen LogP contribution in [0.4, 0.5) is 19.3 Å². The van der Waals surface area contributed by atoms with Crippen molar-refractivity contribution in [3.05, 3.63) is 24.0 Å². The lowest BCUT2D eigenvalue weighted by molar-refractivity contribution is 0.0288. The van der Waals surface area contributed by atoms with Crippen molar-refractivity contribution in [1.82, 2.24) is 9.88 Å². The van der Waals surface area contributed by atoms with Gasteiger partial charge < -0.3 is 15.0 Å². The fraction of sp³-hybridized carbons (Fsp3) is 0.625. The first-order valence-electron chi connectivity index (χ1n) is 7.77. The van der Waals surface area contributed by atoms with E-state index in [-0.39, 0.29) is 11.8 Å². The van der Waals surface area contributed by atoms with Gasteiger partial charge >= 0.3 is 6.09 Å². The van der Waals surface area contributed by atoms with Gasteiger partial charge in [-0.15, -0.1) is 0 Å². The Balaban J connectivity index is 1.77. The number of rotatable bonds is 4. The molecule has 1 fully saturated rings. The molecule has 1 saturated heterocycles. The molecule has 23 heavy (non-hydrogen) atoms. The lowest BCUT2D eigenvalue weighted by Crippen LogP contribution is -2.35. The number of ether oxygens (including phenoxy) is 1. The number of aromatic nitrogens is 1. The van der Waals surface area contributed by atoms with Crippen LogP contribution < -0.4 is 5.32 Å². The lowest BCUT2D eigenvalue weighted by atomic mass is 10.1. The summed E-state index contributed by atoms with van der Waals surface area (Å²) in [6.07, 6.45) is 3.23. The zero-order valence-corrected chi connectivity index (χ0v) is 13.7. The van der Waals surface area contributed by atoms with E-state index in [2.05, 4.69) is 10.3 Å². The van der Waals surface area contributed by atoms with E-state index < -0.39 is 17.2 Å². The minimum atomic E-state index is -0.702. The van der Waals surface area contributed by atoms with Gasteiger partial charge in [-0.05, 0) is 39.5 Å². The fourth-order valence-corrected chi connectivity index (χ4v) is 2.54. The van der Waals surface area contributed by atoms with Crippen molar-refractivity contribution in [1.29, 1.82) is 0 Å². The summed E-state index contributed by atoms with van der Waals surface area (Å²) in [5.41, 5.74) is -0.658. The molecule has 0 bridgehead atoms. The average molecular weight is 327 g/mol. The Labute approximate surface area is 135 Å². The number of hydrogen-bond acceptors (Lipinski definition) is 4. The number of nitrogens with zero attached hydrogens (tertiary/aromatic N) is 2. The van der Waals surface area contributed by atoms with E-state index in [1.54, 1.807) is 4.90 Å². The number of halogens is 2. The van der Waals surface area contributed by atoms with Crippen LogP contribution in [0.2, 0.25) is 0 Å². The largest absolute Gasteiger partial charge is 0.444 e. The highest BCUT2D eigenvalue weighted by Crippen LogP contribution is 2.23. The smallest absolute Gasteiger partial charge is 0.410 e. The molecule has 2 rings (SSSR count). The Morgan fingerprint density at radius 2 is 2.04 bits per heavy atom. The van der Waals surface area contributed by atoms with Gasteiger partial charge in [-0.3, -0.25) is 4.98 Å². The first-order chi connectivity index (χ1) is 10.8. The van der Waals surface area contributed by atoms with Crippen LogP contribution in [-0.4, -0.2) is 41.2 Å². The van der Waals surface area contributed by atoms with Gasteiger partial charge in [-0.2, -0.15) is 0 Å². The molecule has 1 atom stereocenters. The summed E-state index contributed by atoms with van der Waals surface area (Å²) < 4.78 is 32.2. The summed E-state index contributed by atoms with van der Waals surface area (Å²) in [6, 6.07) is 0. The maximum atomic E-state index is 13.4. The summed E-state index contributed by atoms with van der Waals surface area (Å²) >= 11 is 0. The van der Waals surface area contributed by atoms with Gasteiger partial charge in [0.15, 0.2) is 11.6 Å². The Morgan fingerprint density at radius 3 is 2.65 bits per heavy atom. The van der Waals surface area contributed by atoms with E-state index in [1.165, 1.54) is 0 Å². The zero-order valence-electron chi connectivity index (χ0n) is 13.7. The second-order valence-corrected chi connectivity index (χ2v) is 6.77. The molecule has 1 amide bonds. The van der Waals surface area contributed by atoms with E-state index in [0.29, 0.717) is 25.6 Å². The Kier molecular flexibility index (Phi) is 5.38. The molecule has 2 heterocycles. The van der Waals surface area contributed by atoms with Crippen LogP contribution in [0.3, 0.4) is 0 Å². The summed E-state index contributed by atoms with van der Waals surface area (Å²) in [7, 11) is 0. The number of amides is 1. The van der Waals surface area contributed by atoms with Gasteiger partial charge in [0.1, 0.15) is 11.3 Å². The number of anilines is 1. The molecule has 0 aliphatic carbocycles. The lowest BCUT2D eigenvalue weighted by Gasteiger charge is -2.24. The van der Waals surface area contributed by atoms with Crippen LogP contribution in [-0.2, 0) is 4.74 Å². The highest BCUT2D eigenvalue weighted by molar-refractivity contribution is 5.68. The van der Waals surface area contributed by atoms with Crippen LogP contribution >= 0.6 is 0 Å². The molecule has 7 heteroatoms. The predicted octanol–water partition coefficient (Wildman–Crippen LogP) is 3.42. The van der Waals surface area contributed by atoms with Crippen LogP contribution in [0.15, 0.2) is 12.4 Å². The highest BCUT2D eigenvalue weighted by atomic mass is 19.1. The van der Waals surface area contributed by atoms with Gasteiger partial charge in [0, 0.05) is 19.6 Å². The van der Waals surface area contributed by atoms with Crippen molar-refractivity contribution < 1.29 is 18.3 Å². The maximum absolute atomic E-state index is 13.4. The van der Waals surface area contributed by atoms with Crippen LogP contribution in [0.5, 0.6) is 0 Å². The minimum Gasteiger partial charge on any atom is -0.444 e. The summed E-state index contributed by atoms with van der Waals surface area (Å²) in [6.45, 7) is 7.20. The predicted molar refractivity (Wildman–Crippen MR) is 83.2 cm³/mol. The summed E-state index contributed by atoms with van der Waals surface area (Å²) in [5.74, 6) is -1.11. The molecule has 1 aliphatic rings. The standard InChI is InChI=1S/C16H23F2N3O2/c1-16(2,3)23-15(22)21-7-5-11(10-21)4-6-20-14-12(17)8-19-9-13(14)18/h8-9,11H,4-7,10H2,1-3H3,(H,19,20). The molecule has 1 aromatic heterocycles. The molecule has 0 radical (unpaired) electrons. The molecule has 128 valence electrons. The minimum absolute atomic E-state index is 0.151. The normalized spacial score (nSPS) is 18.1. The second kappa shape index (κ2) is 7.10. The van der Waals surface area contributed by atoms with Gasteiger partial charge in [0.25, 0.3) is 0 Å². The van der Waals surface area contributed by atoms with Crippen molar-refractivity contribution in [2.24, 2.45) is 5.92 Å². The Hall–Kier alpha value is -1.92. The molecule has 5 nitrogen and oxygen atoms in total. The Bertz CT molecular complexity index is 540. The third-order valence-electron chi connectivity index (χ3n) is 3.65. The molecule has 0 saturated carbocycles. The van der Waals surface area contributed by atoms with Gasteiger partial charge in [-0.25, -0.2) is 13.6 Å². The molecule has 0 aromatic carbocycles. The second-order valence-electron chi connectivity index (χ2n) is 6.77. The van der Waals surface area contributed by atoms with E-state index in [0.717, 1.165) is 25.2 Å². The summed E-state index contributed by atoms with van der Waals surface area (Å²) in [5, 5.41) is 2.77. The fourth-order valence-electron chi connectivity index (χ4n) is 2.54. The summed E-state index contributed by atoms with van der Waals surface area (Å²) in [4.78, 5) is 17.1. The van der Waals surface area contributed by atoms with Crippen molar-refractivity contribution >= 4 is 11.8 Å². The quantitative estimate of drug-likeness (QED) is 0.921. The number of pyridine rings is 1. The van der Waals surface area contributed by atoms with Crippen molar-refractivity contribution in [2.45, 2.75) is 39.2 Å². The van der Waals surface area contributed by atoms with Crippen molar-refractivity contribution in [3.63, 3.8) is 0 Å². The monoisotopic (exact) mass is 327 g/mol. The number of carbonyl (C=O) groups is 1. The number of hydrogen-bond donors (Lipinski definition) is 1. The maximum Gasteiger partial charge on any atom is 0.410 e. The number of likely N-dealkylation sites (tertiary alicyclic amines) is 1. The average Bonchev–Trinajstić information content (AvgIpc) is 2.89. The zero-order chi connectivity index (χ0) is 17.0. The van der Waals surface area contributed by atoms with Crippen LogP contribution in [0.25, 0.3) is 0 Å². The molecular weight excluding hydrogens is 304 g/mol. The van der Waals surface area contributed by atoms with Gasteiger partial charge in [-0.1, -0.05) is 0 Å². The van der Waals surface area contributed by atoms with Gasteiger partial charge in [0.05, 0.1) is 12.4 Å². The van der Waals surface area contributed by atoms with Crippen LogP contribution in [0, 0.1) is 17.6 Å². The number of carbonyl (C=O) groups excluding carboxylic acids is 1. The van der Waals surface area contributed by atoms with Crippen molar-refractivity contribution in [2.75, 3.05) is 25.0 Å².